The molecule has 1 heterocycles. The number of carbonyl (C=O) groups is 1. The normalized spacial score (nSPS) is 20.2. The Morgan fingerprint density at radius 2 is 2.19 bits per heavy atom. The minimum absolute atomic E-state index is 0.152. The number of hydrogen-bond donors (Lipinski definition) is 2. The number of carbonyl (C=O) groups excluding carboxylic acids is 1. The van der Waals surface area contributed by atoms with E-state index in [1.807, 2.05) is 0 Å². The van der Waals surface area contributed by atoms with Gasteiger partial charge in [0.1, 0.15) is 0 Å². The van der Waals surface area contributed by atoms with Gasteiger partial charge in [0, 0.05) is 32.2 Å². The van der Waals surface area contributed by atoms with Crippen molar-refractivity contribution in [2.24, 2.45) is 0 Å². The van der Waals surface area contributed by atoms with Gasteiger partial charge >= 0.3 is 0 Å². The molecule has 1 aliphatic rings. The third-order valence-electron chi connectivity index (χ3n) is 3.97. The van der Waals surface area contributed by atoms with Gasteiger partial charge < -0.3 is 20.7 Å². The van der Waals surface area contributed by atoms with Gasteiger partial charge in [-0.1, -0.05) is 6.07 Å². The molecule has 1 aromatic rings. The number of para-hydroxylation sites is 1. The van der Waals surface area contributed by atoms with Crippen LogP contribution in [0, 0.1) is 0 Å². The number of nitrogens with one attached hydrogen (secondary N) is 1. The van der Waals surface area contributed by atoms with Crippen LogP contribution in [-0.4, -0.2) is 69.1 Å². The summed E-state index contributed by atoms with van der Waals surface area (Å²) in [5.41, 5.74) is 6.78. The number of rotatable bonds is 4. The van der Waals surface area contributed by atoms with E-state index in [2.05, 4.69) is 29.2 Å². The highest BCUT2D eigenvalue weighted by molar-refractivity contribution is 5.98. The summed E-state index contributed by atoms with van der Waals surface area (Å²) in [6.07, 6.45) is 0. The fourth-order valence-electron chi connectivity index (χ4n) is 2.59. The number of methoxy groups -OCH3 is 1. The maximum Gasteiger partial charge on any atom is 0.255 e. The lowest BCUT2D eigenvalue weighted by Gasteiger charge is -2.37. The van der Waals surface area contributed by atoms with E-state index >= 15 is 0 Å². The molecule has 0 spiro atoms. The van der Waals surface area contributed by atoms with Gasteiger partial charge in [0.25, 0.3) is 5.91 Å². The number of benzene rings is 1. The molecule has 3 N–H and O–H groups in total. The second-order valence-corrected chi connectivity index (χ2v) is 5.53. The number of amides is 1. The van der Waals surface area contributed by atoms with Gasteiger partial charge in [-0.15, -0.1) is 0 Å². The van der Waals surface area contributed by atoms with Gasteiger partial charge in [0.15, 0.2) is 5.75 Å². The molecule has 21 heavy (non-hydrogen) atoms. The lowest BCUT2D eigenvalue weighted by molar-refractivity contribution is 0.0878. The average molecular weight is 292 g/mol. The molecule has 1 unspecified atom stereocenters. The maximum atomic E-state index is 12.3. The second-order valence-electron chi connectivity index (χ2n) is 5.53. The summed E-state index contributed by atoms with van der Waals surface area (Å²) in [5.74, 6) is 0.282. The summed E-state index contributed by atoms with van der Waals surface area (Å²) in [6.45, 7) is 3.63. The van der Waals surface area contributed by atoms with E-state index in [1.54, 1.807) is 18.2 Å². The summed E-state index contributed by atoms with van der Waals surface area (Å²) in [4.78, 5) is 16.9. The lowest BCUT2D eigenvalue weighted by Crippen LogP contribution is -2.54. The summed E-state index contributed by atoms with van der Waals surface area (Å²) in [6, 6.07) is 5.52. The standard InChI is InChI=1S/C15H24N4O2/c1-18-7-8-19(2)11(10-18)9-17-15(20)12-5-4-6-13(16)14(12)21-3/h4-6,11H,7-10,16H2,1-3H3,(H,17,20). The van der Waals surface area contributed by atoms with Crippen LogP contribution in [0.15, 0.2) is 18.2 Å². The number of anilines is 1. The molecule has 6 heteroatoms. The SMILES string of the molecule is COc1c(N)cccc1C(=O)NCC1CN(C)CCN1C. The zero-order chi connectivity index (χ0) is 15.4. The monoisotopic (exact) mass is 292 g/mol. The van der Waals surface area contributed by atoms with E-state index < -0.39 is 0 Å². The van der Waals surface area contributed by atoms with Crippen LogP contribution in [0.1, 0.15) is 10.4 Å². The van der Waals surface area contributed by atoms with Crippen molar-refractivity contribution in [2.45, 2.75) is 6.04 Å². The molecule has 1 amide bonds. The minimum atomic E-state index is -0.152. The van der Waals surface area contributed by atoms with Crippen molar-refractivity contribution in [3.8, 4) is 5.75 Å². The Labute approximate surface area is 125 Å². The van der Waals surface area contributed by atoms with Crippen molar-refractivity contribution in [3.05, 3.63) is 23.8 Å². The molecule has 0 saturated carbocycles. The Morgan fingerprint density at radius 3 is 2.90 bits per heavy atom. The first-order valence-corrected chi connectivity index (χ1v) is 7.12. The summed E-state index contributed by atoms with van der Waals surface area (Å²) < 4.78 is 5.22. The first-order chi connectivity index (χ1) is 10.0. The van der Waals surface area contributed by atoms with Crippen molar-refractivity contribution in [1.82, 2.24) is 15.1 Å². The summed E-state index contributed by atoms with van der Waals surface area (Å²) in [7, 11) is 5.71. The number of ether oxygens (including phenoxy) is 1. The van der Waals surface area contributed by atoms with Crippen LogP contribution in [0.25, 0.3) is 0 Å². The van der Waals surface area contributed by atoms with Gasteiger partial charge in [0.2, 0.25) is 0 Å². The zero-order valence-electron chi connectivity index (χ0n) is 12.9. The molecule has 1 aliphatic heterocycles. The van der Waals surface area contributed by atoms with Crippen LogP contribution in [0.3, 0.4) is 0 Å². The number of nitrogens with zero attached hydrogens (tertiary/aromatic N) is 2. The largest absolute Gasteiger partial charge is 0.494 e. The Balaban J connectivity index is 2.00. The van der Waals surface area contributed by atoms with Crippen molar-refractivity contribution in [2.75, 3.05) is 53.1 Å². The number of piperazine rings is 1. The highest BCUT2D eigenvalue weighted by Crippen LogP contribution is 2.25. The van der Waals surface area contributed by atoms with Gasteiger partial charge in [-0.25, -0.2) is 0 Å². The van der Waals surface area contributed by atoms with Crippen molar-refractivity contribution in [3.63, 3.8) is 0 Å². The van der Waals surface area contributed by atoms with E-state index in [9.17, 15) is 4.79 Å². The van der Waals surface area contributed by atoms with E-state index in [1.165, 1.54) is 7.11 Å². The molecular formula is C15H24N4O2. The number of nitrogens with two attached hydrogens (primary N) is 1. The summed E-state index contributed by atoms with van der Waals surface area (Å²) in [5, 5.41) is 2.98. The Kier molecular flexibility index (Phi) is 5.03. The van der Waals surface area contributed by atoms with Crippen molar-refractivity contribution < 1.29 is 9.53 Å². The van der Waals surface area contributed by atoms with Crippen molar-refractivity contribution in [1.29, 1.82) is 0 Å². The molecule has 0 aromatic heterocycles. The number of hydrogen-bond acceptors (Lipinski definition) is 5. The molecule has 1 atom stereocenters. The second kappa shape index (κ2) is 6.78. The Bertz CT molecular complexity index is 506. The van der Waals surface area contributed by atoms with Crippen molar-refractivity contribution >= 4 is 11.6 Å². The van der Waals surface area contributed by atoms with Crippen LogP contribution in [-0.2, 0) is 0 Å². The fourth-order valence-corrected chi connectivity index (χ4v) is 2.59. The highest BCUT2D eigenvalue weighted by Gasteiger charge is 2.23. The van der Waals surface area contributed by atoms with Gasteiger partial charge in [-0.2, -0.15) is 0 Å². The van der Waals surface area contributed by atoms with E-state index in [4.69, 9.17) is 10.5 Å². The van der Waals surface area contributed by atoms with Crippen LogP contribution < -0.4 is 15.8 Å². The molecular weight excluding hydrogens is 268 g/mol. The molecule has 1 saturated heterocycles. The molecule has 0 radical (unpaired) electrons. The summed E-state index contributed by atoms with van der Waals surface area (Å²) >= 11 is 0. The number of likely N-dealkylation sites (N-methyl/N-ethyl adjacent to an activating group) is 2. The fraction of sp³-hybridized carbons (Fsp3) is 0.533. The van der Waals surface area contributed by atoms with E-state index in [0.29, 0.717) is 29.6 Å². The molecule has 2 rings (SSSR count). The molecule has 116 valence electrons. The third-order valence-corrected chi connectivity index (χ3v) is 3.97. The minimum Gasteiger partial charge on any atom is -0.494 e. The third kappa shape index (κ3) is 3.65. The average Bonchev–Trinajstić information content (AvgIpc) is 2.47. The topological polar surface area (TPSA) is 70.8 Å². The Morgan fingerprint density at radius 1 is 1.43 bits per heavy atom. The molecule has 6 nitrogen and oxygen atoms in total. The Hall–Kier alpha value is -1.79. The van der Waals surface area contributed by atoms with Crippen LogP contribution in [0.2, 0.25) is 0 Å². The molecule has 0 bridgehead atoms. The quantitative estimate of drug-likeness (QED) is 0.779. The van der Waals surface area contributed by atoms with Crippen LogP contribution in [0.4, 0.5) is 5.69 Å². The van der Waals surface area contributed by atoms with Crippen LogP contribution in [0.5, 0.6) is 5.75 Å². The smallest absolute Gasteiger partial charge is 0.255 e. The zero-order valence-corrected chi connectivity index (χ0v) is 12.9. The molecule has 0 aliphatic carbocycles. The van der Waals surface area contributed by atoms with E-state index in [-0.39, 0.29) is 5.91 Å². The lowest BCUT2D eigenvalue weighted by atomic mass is 10.1. The predicted octanol–water partition coefficient (Wildman–Crippen LogP) is 0.253. The molecule has 1 aromatic carbocycles. The predicted molar refractivity (Wildman–Crippen MR) is 83.7 cm³/mol. The van der Waals surface area contributed by atoms with E-state index in [0.717, 1.165) is 19.6 Å². The van der Waals surface area contributed by atoms with Crippen LogP contribution >= 0.6 is 0 Å². The highest BCUT2D eigenvalue weighted by atomic mass is 16.5. The van der Waals surface area contributed by atoms with Gasteiger partial charge in [-0.3, -0.25) is 9.69 Å². The van der Waals surface area contributed by atoms with Gasteiger partial charge in [0.05, 0.1) is 18.4 Å². The number of nitrogen functional groups attached to an aromatic ring is 1. The first kappa shape index (κ1) is 15.6. The maximum absolute atomic E-state index is 12.3. The molecule has 1 fully saturated rings. The first-order valence-electron chi connectivity index (χ1n) is 7.12. The van der Waals surface area contributed by atoms with Gasteiger partial charge in [-0.05, 0) is 26.2 Å².